The molecule has 0 aromatic heterocycles. The molecule has 1 nitrogen and oxygen atoms in total. The van der Waals surface area contributed by atoms with Crippen molar-refractivity contribution in [2.24, 2.45) is 0 Å². The molecule has 7 rings (SSSR count). The summed E-state index contributed by atoms with van der Waals surface area (Å²) in [6.45, 7) is 4.72. The molecular weight excluding hydrogens is 410 g/mol. The lowest BCUT2D eigenvalue weighted by Gasteiger charge is -2.23. The van der Waals surface area contributed by atoms with Crippen LogP contribution in [0.5, 0.6) is 0 Å². The molecule has 1 heteroatoms. The topological polar surface area (TPSA) is 12.0 Å². The van der Waals surface area contributed by atoms with E-state index in [1.54, 1.807) is 0 Å². The molecule has 0 unspecified atom stereocenters. The minimum Gasteiger partial charge on any atom is -0.356 e. The zero-order chi connectivity index (χ0) is 22.9. The van der Waals surface area contributed by atoms with E-state index in [1.807, 2.05) is 6.07 Å². The number of nitrogens with one attached hydrogen (secondary N) is 1. The van der Waals surface area contributed by atoms with E-state index in [1.165, 1.54) is 54.6 Å². The van der Waals surface area contributed by atoms with Crippen molar-refractivity contribution in [2.75, 3.05) is 5.32 Å². The Morgan fingerprint density at radius 2 is 0.971 bits per heavy atom. The summed E-state index contributed by atoms with van der Waals surface area (Å²) in [5.74, 6) is 0. The van der Waals surface area contributed by atoms with E-state index in [2.05, 4.69) is 122 Å². The molecule has 0 fully saturated rings. The Morgan fingerprint density at radius 1 is 0.441 bits per heavy atom. The quantitative estimate of drug-likeness (QED) is 0.267. The molecule has 0 aliphatic heterocycles. The lowest BCUT2D eigenvalue weighted by molar-refractivity contribution is 0.661. The maximum atomic E-state index is 3.58. The van der Waals surface area contributed by atoms with Crippen molar-refractivity contribution in [1.29, 1.82) is 0 Å². The van der Waals surface area contributed by atoms with Crippen molar-refractivity contribution >= 4 is 43.7 Å². The first kappa shape index (κ1) is 19.4. The molecule has 34 heavy (non-hydrogen) atoms. The Morgan fingerprint density at radius 3 is 1.62 bits per heavy atom. The summed E-state index contributed by atoms with van der Waals surface area (Å²) in [4.78, 5) is 0. The Labute approximate surface area is 199 Å². The van der Waals surface area contributed by atoms with Crippen LogP contribution < -0.4 is 5.32 Å². The molecule has 0 atom stereocenters. The van der Waals surface area contributed by atoms with Crippen molar-refractivity contribution in [3.63, 3.8) is 0 Å². The largest absolute Gasteiger partial charge is 0.356 e. The van der Waals surface area contributed by atoms with Gasteiger partial charge < -0.3 is 5.32 Å². The highest BCUT2D eigenvalue weighted by Gasteiger charge is 2.36. The van der Waals surface area contributed by atoms with Gasteiger partial charge in [-0.2, -0.15) is 0 Å². The SMILES string of the molecule is CC1(C)c2cc(Nc3ccccc3)ccc2-c2cc3c4ccccc4c4ccccc4c3cc21. The minimum absolute atomic E-state index is 0.0695. The first-order valence-corrected chi connectivity index (χ1v) is 12.0. The summed E-state index contributed by atoms with van der Waals surface area (Å²) in [6, 6.07) is 39.8. The van der Waals surface area contributed by atoms with Gasteiger partial charge in [0.25, 0.3) is 0 Å². The van der Waals surface area contributed by atoms with Gasteiger partial charge in [0.1, 0.15) is 0 Å². The van der Waals surface area contributed by atoms with Crippen molar-refractivity contribution in [2.45, 2.75) is 19.3 Å². The van der Waals surface area contributed by atoms with E-state index < -0.39 is 0 Å². The number of hydrogen-bond donors (Lipinski definition) is 1. The van der Waals surface area contributed by atoms with Crippen molar-refractivity contribution < 1.29 is 0 Å². The summed E-state index contributed by atoms with van der Waals surface area (Å²) in [6.07, 6.45) is 0. The first-order chi connectivity index (χ1) is 16.6. The van der Waals surface area contributed by atoms with Crippen LogP contribution in [0.2, 0.25) is 0 Å². The van der Waals surface area contributed by atoms with Crippen LogP contribution in [-0.4, -0.2) is 0 Å². The lowest BCUT2D eigenvalue weighted by Crippen LogP contribution is -2.15. The number of benzene rings is 6. The second-order valence-electron chi connectivity index (χ2n) is 9.91. The van der Waals surface area contributed by atoms with Gasteiger partial charge in [-0.15, -0.1) is 0 Å². The van der Waals surface area contributed by atoms with Gasteiger partial charge in [-0.25, -0.2) is 0 Å². The van der Waals surface area contributed by atoms with E-state index in [0.29, 0.717) is 0 Å². The Balaban J connectivity index is 1.49. The molecule has 1 N–H and O–H groups in total. The number of fused-ring (bicyclic) bond motifs is 9. The molecule has 1 aliphatic rings. The van der Waals surface area contributed by atoms with Gasteiger partial charge in [0.05, 0.1) is 0 Å². The molecule has 1 aliphatic carbocycles. The summed E-state index contributed by atoms with van der Waals surface area (Å²) in [5.41, 5.74) is 7.67. The highest BCUT2D eigenvalue weighted by Crippen LogP contribution is 2.52. The van der Waals surface area contributed by atoms with Gasteiger partial charge in [0.15, 0.2) is 0 Å². The molecule has 0 saturated carbocycles. The van der Waals surface area contributed by atoms with Gasteiger partial charge >= 0.3 is 0 Å². The molecule has 6 aromatic rings. The van der Waals surface area contributed by atoms with Crippen LogP contribution in [0.3, 0.4) is 0 Å². The van der Waals surface area contributed by atoms with Crippen LogP contribution in [0.4, 0.5) is 11.4 Å². The molecule has 0 bridgehead atoms. The standard InChI is InChI=1S/C33H25N/c1-33(2)31-18-22(34-21-10-4-3-5-11-21)16-17-27(31)30-19-28-25-14-8-6-12-23(25)24-13-7-9-15-26(24)29(28)20-32(30)33/h3-20,34H,1-2H3. The van der Waals surface area contributed by atoms with Crippen LogP contribution in [0, 0.1) is 0 Å². The normalized spacial score (nSPS) is 13.8. The van der Waals surface area contributed by atoms with Crippen LogP contribution in [-0.2, 0) is 5.41 Å². The smallest absolute Gasteiger partial charge is 0.0387 e. The number of anilines is 2. The fourth-order valence-electron chi connectivity index (χ4n) is 5.90. The number of rotatable bonds is 2. The summed E-state index contributed by atoms with van der Waals surface area (Å²) in [5, 5.41) is 11.6. The summed E-state index contributed by atoms with van der Waals surface area (Å²) >= 11 is 0. The van der Waals surface area contributed by atoms with Crippen LogP contribution in [0.25, 0.3) is 43.4 Å². The fraction of sp³-hybridized carbons (Fsp3) is 0.0909. The molecule has 6 aromatic carbocycles. The zero-order valence-corrected chi connectivity index (χ0v) is 19.4. The molecule has 0 amide bonds. The van der Waals surface area contributed by atoms with E-state index in [-0.39, 0.29) is 5.41 Å². The van der Waals surface area contributed by atoms with Gasteiger partial charge in [0.2, 0.25) is 0 Å². The predicted octanol–water partition coefficient (Wildman–Crippen LogP) is 9.20. The minimum atomic E-state index is -0.0695. The second-order valence-corrected chi connectivity index (χ2v) is 9.91. The average molecular weight is 436 g/mol. The van der Waals surface area contributed by atoms with Crippen molar-refractivity contribution in [3.8, 4) is 11.1 Å². The predicted molar refractivity (Wildman–Crippen MR) is 146 cm³/mol. The monoisotopic (exact) mass is 435 g/mol. The Bertz CT molecular complexity index is 1740. The highest BCUT2D eigenvalue weighted by molar-refractivity contribution is 6.26. The third-order valence-electron chi connectivity index (χ3n) is 7.60. The highest BCUT2D eigenvalue weighted by atomic mass is 14.9. The number of para-hydroxylation sites is 1. The van der Waals surface area contributed by atoms with Gasteiger partial charge in [-0.1, -0.05) is 86.6 Å². The van der Waals surface area contributed by atoms with Crippen LogP contribution in [0.1, 0.15) is 25.0 Å². The third kappa shape index (κ3) is 2.67. The Hall–Kier alpha value is -4.10. The molecule has 0 heterocycles. The summed E-state index contributed by atoms with van der Waals surface area (Å²) < 4.78 is 0. The number of hydrogen-bond acceptors (Lipinski definition) is 1. The van der Waals surface area contributed by atoms with E-state index >= 15 is 0 Å². The molecule has 162 valence electrons. The molecule has 0 spiro atoms. The maximum Gasteiger partial charge on any atom is 0.0387 e. The van der Waals surface area contributed by atoms with Gasteiger partial charge in [-0.05, 0) is 91.0 Å². The van der Waals surface area contributed by atoms with Crippen LogP contribution in [0.15, 0.2) is 109 Å². The maximum absolute atomic E-state index is 3.58. The zero-order valence-electron chi connectivity index (χ0n) is 19.4. The van der Waals surface area contributed by atoms with E-state index in [9.17, 15) is 0 Å². The van der Waals surface area contributed by atoms with E-state index in [0.717, 1.165) is 11.4 Å². The molecule has 0 saturated heterocycles. The fourth-order valence-corrected chi connectivity index (χ4v) is 5.90. The molecular formula is C33H25N. The van der Waals surface area contributed by atoms with E-state index in [4.69, 9.17) is 0 Å². The van der Waals surface area contributed by atoms with Crippen molar-refractivity contribution in [3.05, 3.63) is 120 Å². The molecule has 0 radical (unpaired) electrons. The second kappa shape index (κ2) is 6.95. The summed E-state index contributed by atoms with van der Waals surface area (Å²) in [7, 11) is 0. The first-order valence-electron chi connectivity index (χ1n) is 12.0. The van der Waals surface area contributed by atoms with Gasteiger partial charge in [-0.3, -0.25) is 0 Å². The van der Waals surface area contributed by atoms with Crippen molar-refractivity contribution in [1.82, 2.24) is 0 Å². The third-order valence-corrected chi connectivity index (χ3v) is 7.60. The lowest BCUT2D eigenvalue weighted by atomic mass is 9.81. The Kier molecular flexibility index (Phi) is 3.96. The van der Waals surface area contributed by atoms with Gasteiger partial charge in [0, 0.05) is 16.8 Å². The average Bonchev–Trinajstić information content (AvgIpc) is 3.10. The van der Waals surface area contributed by atoms with Crippen LogP contribution >= 0.6 is 0 Å².